The molecule has 0 aliphatic carbocycles. The van der Waals surface area contributed by atoms with Crippen LogP contribution in [-0.2, 0) is 11.0 Å². The molecule has 0 fully saturated rings. The van der Waals surface area contributed by atoms with Crippen molar-refractivity contribution in [2.75, 3.05) is 6.54 Å². The summed E-state index contributed by atoms with van der Waals surface area (Å²) in [6.07, 6.45) is 0. The van der Waals surface area contributed by atoms with E-state index < -0.39 is 0 Å². The predicted octanol–water partition coefficient (Wildman–Crippen LogP) is 0.480. The highest BCUT2D eigenvalue weighted by molar-refractivity contribution is 14.1. The molecule has 0 unspecified atom stereocenters. The predicted molar refractivity (Wildman–Crippen MR) is 51.5 cm³/mol. The van der Waals surface area contributed by atoms with Gasteiger partial charge in [0, 0.05) is 6.54 Å². The summed E-state index contributed by atoms with van der Waals surface area (Å²) in [5.74, 6) is 1.83. The molecule has 5 heteroatoms. The fourth-order valence-corrected chi connectivity index (χ4v) is 1.46. The zero-order chi connectivity index (χ0) is 8.27. The van der Waals surface area contributed by atoms with Crippen molar-refractivity contribution in [3.63, 3.8) is 0 Å². The SMILES string of the molecule is Cc1nc(CI)n(CCN)n1. The van der Waals surface area contributed by atoms with E-state index in [2.05, 4.69) is 32.7 Å². The van der Waals surface area contributed by atoms with Crippen LogP contribution in [0.25, 0.3) is 0 Å². The van der Waals surface area contributed by atoms with E-state index >= 15 is 0 Å². The maximum Gasteiger partial charge on any atom is 0.147 e. The zero-order valence-corrected chi connectivity index (χ0v) is 8.58. The van der Waals surface area contributed by atoms with Crippen LogP contribution in [0.15, 0.2) is 0 Å². The third-order valence-electron chi connectivity index (χ3n) is 1.31. The highest BCUT2D eigenvalue weighted by Crippen LogP contribution is 2.02. The van der Waals surface area contributed by atoms with E-state index in [-0.39, 0.29) is 0 Å². The van der Waals surface area contributed by atoms with Crippen molar-refractivity contribution in [3.05, 3.63) is 11.6 Å². The van der Waals surface area contributed by atoms with Crippen molar-refractivity contribution in [1.29, 1.82) is 0 Å². The lowest BCUT2D eigenvalue weighted by Gasteiger charge is -1.99. The summed E-state index contributed by atoms with van der Waals surface area (Å²) in [6.45, 7) is 3.27. The van der Waals surface area contributed by atoms with Crippen LogP contribution in [0.1, 0.15) is 11.6 Å². The minimum absolute atomic E-state index is 0.617. The minimum atomic E-state index is 0.617. The van der Waals surface area contributed by atoms with Gasteiger partial charge in [0.15, 0.2) is 0 Å². The molecule has 0 atom stereocenters. The summed E-state index contributed by atoms with van der Waals surface area (Å²) in [4.78, 5) is 4.24. The number of aryl methyl sites for hydroxylation is 1. The van der Waals surface area contributed by atoms with Crippen LogP contribution in [-0.4, -0.2) is 21.3 Å². The van der Waals surface area contributed by atoms with Crippen molar-refractivity contribution in [2.45, 2.75) is 17.9 Å². The molecule has 0 saturated carbocycles. The lowest BCUT2D eigenvalue weighted by Crippen LogP contribution is -2.13. The third kappa shape index (κ3) is 2.13. The Hall–Kier alpha value is -0.170. The smallest absolute Gasteiger partial charge is 0.147 e. The molecule has 0 spiro atoms. The van der Waals surface area contributed by atoms with E-state index in [0.29, 0.717) is 6.54 Å². The summed E-state index contributed by atoms with van der Waals surface area (Å²) in [5.41, 5.74) is 5.40. The summed E-state index contributed by atoms with van der Waals surface area (Å²) in [5, 5.41) is 4.19. The van der Waals surface area contributed by atoms with Gasteiger partial charge in [0.25, 0.3) is 0 Å². The second kappa shape index (κ2) is 4.01. The van der Waals surface area contributed by atoms with E-state index in [1.54, 1.807) is 0 Å². The maximum atomic E-state index is 5.40. The summed E-state index contributed by atoms with van der Waals surface area (Å²) in [7, 11) is 0. The highest BCUT2D eigenvalue weighted by atomic mass is 127. The third-order valence-corrected chi connectivity index (χ3v) is 2.00. The summed E-state index contributed by atoms with van der Waals surface area (Å²) in [6, 6.07) is 0. The molecule has 0 amide bonds. The van der Waals surface area contributed by atoms with Gasteiger partial charge >= 0.3 is 0 Å². The molecule has 0 bridgehead atoms. The lowest BCUT2D eigenvalue weighted by atomic mass is 10.6. The fraction of sp³-hybridized carbons (Fsp3) is 0.667. The molecule has 1 aromatic heterocycles. The summed E-state index contributed by atoms with van der Waals surface area (Å²) >= 11 is 2.27. The number of nitrogens with two attached hydrogens (primary N) is 1. The number of rotatable bonds is 3. The first-order valence-electron chi connectivity index (χ1n) is 3.44. The molecule has 11 heavy (non-hydrogen) atoms. The van der Waals surface area contributed by atoms with Crippen LogP contribution in [0, 0.1) is 6.92 Å². The summed E-state index contributed by atoms with van der Waals surface area (Å²) < 4.78 is 2.75. The van der Waals surface area contributed by atoms with E-state index in [1.807, 2.05) is 11.6 Å². The van der Waals surface area contributed by atoms with Crippen LogP contribution < -0.4 is 5.73 Å². The topological polar surface area (TPSA) is 56.7 Å². The molecular formula is C6H11IN4. The van der Waals surface area contributed by atoms with E-state index in [1.165, 1.54) is 0 Å². The van der Waals surface area contributed by atoms with Gasteiger partial charge in [-0.05, 0) is 6.92 Å². The van der Waals surface area contributed by atoms with Crippen LogP contribution in [0.2, 0.25) is 0 Å². The molecule has 4 nitrogen and oxygen atoms in total. The molecule has 2 N–H and O–H groups in total. The van der Waals surface area contributed by atoms with Gasteiger partial charge in [-0.1, -0.05) is 22.6 Å². The van der Waals surface area contributed by atoms with Gasteiger partial charge < -0.3 is 5.73 Å². The highest BCUT2D eigenvalue weighted by Gasteiger charge is 2.03. The maximum absolute atomic E-state index is 5.40. The average Bonchev–Trinajstić information content (AvgIpc) is 2.32. The number of aromatic nitrogens is 3. The lowest BCUT2D eigenvalue weighted by molar-refractivity contribution is 0.600. The first-order chi connectivity index (χ1) is 5.27. The first-order valence-corrected chi connectivity index (χ1v) is 4.97. The molecule has 0 saturated heterocycles. The van der Waals surface area contributed by atoms with Gasteiger partial charge in [-0.3, -0.25) is 0 Å². The minimum Gasteiger partial charge on any atom is -0.329 e. The van der Waals surface area contributed by atoms with Crippen molar-refractivity contribution in [1.82, 2.24) is 14.8 Å². The monoisotopic (exact) mass is 266 g/mol. The molecule has 0 radical (unpaired) electrons. The molecule has 0 aliphatic heterocycles. The Morgan fingerprint density at radius 2 is 2.36 bits per heavy atom. The number of hydrogen-bond acceptors (Lipinski definition) is 3. The van der Waals surface area contributed by atoms with Crippen LogP contribution in [0.4, 0.5) is 0 Å². The Kier molecular flexibility index (Phi) is 3.25. The Bertz CT molecular complexity index is 232. The zero-order valence-electron chi connectivity index (χ0n) is 6.42. The second-order valence-electron chi connectivity index (χ2n) is 2.22. The van der Waals surface area contributed by atoms with Crippen molar-refractivity contribution in [3.8, 4) is 0 Å². The Balaban J connectivity index is 2.83. The Morgan fingerprint density at radius 3 is 2.91 bits per heavy atom. The Morgan fingerprint density at radius 1 is 1.64 bits per heavy atom. The fourth-order valence-electron chi connectivity index (χ4n) is 0.899. The number of nitrogens with zero attached hydrogens (tertiary/aromatic N) is 3. The number of alkyl halides is 1. The van der Waals surface area contributed by atoms with Gasteiger partial charge in [0.05, 0.1) is 11.0 Å². The first kappa shape index (κ1) is 8.92. The van der Waals surface area contributed by atoms with Gasteiger partial charge in [0.1, 0.15) is 11.6 Å². The van der Waals surface area contributed by atoms with Crippen LogP contribution in [0.5, 0.6) is 0 Å². The molecular weight excluding hydrogens is 255 g/mol. The van der Waals surface area contributed by atoms with Crippen molar-refractivity contribution in [2.24, 2.45) is 5.73 Å². The van der Waals surface area contributed by atoms with Gasteiger partial charge in [-0.2, -0.15) is 5.10 Å². The molecule has 0 aromatic carbocycles. The standard InChI is InChI=1S/C6H11IN4/c1-5-9-6(4-7)11(10-5)3-2-8/h2-4,8H2,1H3. The van der Waals surface area contributed by atoms with Gasteiger partial charge in [-0.25, -0.2) is 9.67 Å². The van der Waals surface area contributed by atoms with E-state index in [0.717, 1.165) is 22.6 Å². The molecule has 1 heterocycles. The van der Waals surface area contributed by atoms with E-state index in [9.17, 15) is 0 Å². The van der Waals surface area contributed by atoms with Crippen LogP contribution in [0.3, 0.4) is 0 Å². The normalized spacial score (nSPS) is 10.5. The van der Waals surface area contributed by atoms with Crippen LogP contribution >= 0.6 is 22.6 Å². The molecule has 62 valence electrons. The largest absolute Gasteiger partial charge is 0.329 e. The van der Waals surface area contributed by atoms with Crippen molar-refractivity contribution >= 4 is 22.6 Å². The van der Waals surface area contributed by atoms with Gasteiger partial charge in [0.2, 0.25) is 0 Å². The average molecular weight is 266 g/mol. The quantitative estimate of drug-likeness (QED) is 0.639. The number of halogens is 1. The van der Waals surface area contributed by atoms with Gasteiger partial charge in [-0.15, -0.1) is 0 Å². The molecule has 1 rings (SSSR count). The second-order valence-corrected chi connectivity index (χ2v) is 2.98. The molecule has 0 aliphatic rings. The molecule has 1 aromatic rings. The van der Waals surface area contributed by atoms with E-state index in [4.69, 9.17) is 5.73 Å². The van der Waals surface area contributed by atoms with Crippen molar-refractivity contribution < 1.29 is 0 Å². The Labute approximate surface area is 79.3 Å². The number of hydrogen-bond donors (Lipinski definition) is 1.